The van der Waals surface area contributed by atoms with Crippen LogP contribution in [0.2, 0.25) is 0 Å². The summed E-state index contributed by atoms with van der Waals surface area (Å²) in [6.45, 7) is 1.19. The molecule has 5 nitrogen and oxygen atoms in total. The van der Waals surface area contributed by atoms with Gasteiger partial charge in [0.15, 0.2) is 0 Å². The molecule has 1 aliphatic rings. The van der Waals surface area contributed by atoms with Crippen LogP contribution in [0.1, 0.15) is 10.6 Å². The minimum Gasteiger partial charge on any atom is -0.264 e. The van der Waals surface area contributed by atoms with Gasteiger partial charge in [0.25, 0.3) is 0 Å². The lowest BCUT2D eigenvalue weighted by molar-refractivity contribution is 0.0913. The summed E-state index contributed by atoms with van der Waals surface area (Å²) in [7, 11) is 0. The summed E-state index contributed by atoms with van der Waals surface area (Å²) >= 11 is 0. The van der Waals surface area contributed by atoms with E-state index in [1.807, 2.05) is 0 Å². The number of carbonyl (C=O) groups is 1. The van der Waals surface area contributed by atoms with Crippen LogP contribution in [-0.2, 0) is 6.54 Å². The van der Waals surface area contributed by atoms with E-state index >= 15 is 0 Å². The molecule has 0 atom stereocenters. The molecule has 2 heterocycles. The smallest absolute Gasteiger partial charge is 0.264 e. The lowest BCUT2D eigenvalue weighted by Crippen LogP contribution is -2.30. The summed E-state index contributed by atoms with van der Waals surface area (Å²) in [4.78, 5) is 14.6. The zero-order valence-electron chi connectivity index (χ0n) is 5.19. The van der Waals surface area contributed by atoms with Crippen molar-refractivity contribution in [2.45, 2.75) is 6.54 Å². The summed E-state index contributed by atoms with van der Waals surface area (Å²) < 4.78 is 1.56. The summed E-state index contributed by atoms with van der Waals surface area (Å²) in [6, 6.07) is 0. The maximum Gasteiger partial charge on any atom is 0.310 e. The summed E-state index contributed by atoms with van der Waals surface area (Å²) in [5.41, 5.74) is 0. The first-order valence-corrected chi connectivity index (χ1v) is 2.97. The highest BCUT2D eigenvalue weighted by Crippen LogP contribution is 1.98. The van der Waals surface area contributed by atoms with Gasteiger partial charge >= 0.3 is 5.91 Å². The third-order valence-corrected chi connectivity index (χ3v) is 1.37. The molecule has 51 valence electrons. The van der Waals surface area contributed by atoms with Crippen LogP contribution in [0.3, 0.4) is 0 Å². The number of hydrogen-bond donors (Lipinski definition) is 0. The first-order chi connectivity index (χ1) is 4.88. The van der Waals surface area contributed by atoms with Gasteiger partial charge in [0.05, 0.1) is 13.1 Å². The lowest BCUT2D eigenvalue weighted by atomic mass is 10.4. The number of fused-ring (bicyclic) bond motifs is 1. The Morgan fingerprint density at radius 3 is 3.30 bits per heavy atom. The van der Waals surface area contributed by atoms with Crippen LogP contribution in [-0.4, -0.2) is 27.2 Å². The van der Waals surface area contributed by atoms with Crippen molar-refractivity contribution in [3.63, 3.8) is 0 Å². The molecule has 1 aromatic heterocycles. The average molecular weight is 137 g/mol. The average Bonchev–Trinajstić information content (AvgIpc) is 2.36. The van der Waals surface area contributed by atoms with Crippen molar-refractivity contribution in [3.05, 3.63) is 12.2 Å². The monoisotopic (exact) mass is 137 g/mol. The van der Waals surface area contributed by atoms with Gasteiger partial charge in [-0.3, -0.25) is 4.79 Å². The van der Waals surface area contributed by atoms with Gasteiger partial charge in [-0.15, -0.1) is 0 Å². The second-order valence-electron chi connectivity index (χ2n) is 1.99. The van der Waals surface area contributed by atoms with Gasteiger partial charge in [0.2, 0.25) is 5.82 Å². The lowest BCUT2D eigenvalue weighted by Gasteiger charge is -2.09. The van der Waals surface area contributed by atoms with Crippen LogP contribution in [0.15, 0.2) is 6.33 Å². The van der Waals surface area contributed by atoms with Crippen molar-refractivity contribution in [1.29, 1.82) is 0 Å². The SMILES string of the molecule is O=C1[N]CCn2ncnc21. The minimum absolute atomic E-state index is 0.260. The largest absolute Gasteiger partial charge is 0.310 e. The van der Waals surface area contributed by atoms with E-state index in [4.69, 9.17) is 0 Å². The van der Waals surface area contributed by atoms with E-state index in [1.54, 1.807) is 4.68 Å². The number of hydrogen-bond acceptors (Lipinski definition) is 3. The van der Waals surface area contributed by atoms with Crippen molar-refractivity contribution >= 4 is 5.91 Å². The highest BCUT2D eigenvalue weighted by molar-refractivity contribution is 5.90. The Balaban J connectivity index is 2.50. The van der Waals surface area contributed by atoms with Crippen molar-refractivity contribution in [3.8, 4) is 0 Å². The van der Waals surface area contributed by atoms with Crippen molar-refractivity contribution in [1.82, 2.24) is 20.1 Å². The zero-order valence-corrected chi connectivity index (χ0v) is 5.19. The van der Waals surface area contributed by atoms with E-state index in [1.165, 1.54) is 6.33 Å². The molecular weight excluding hydrogens is 132 g/mol. The second kappa shape index (κ2) is 1.80. The third-order valence-electron chi connectivity index (χ3n) is 1.37. The normalized spacial score (nSPS) is 16.2. The third kappa shape index (κ3) is 0.601. The predicted octanol–water partition coefficient (Wildman–Crippen LogP) is -0.964. The summed E-state index contributed by atoms with van der Waals surface area (Å²) in [5.74, 6) is 0.0926. The molecule has 5 heteroatoms. The maximum atomic E-state index is 10.9. The van der Waals surface area contributed by atoms with Crippen molar-refractivity contribution in [2.75, 3.05) is 6.54 Å². The molecule has 1 radical (unpaired) electrons. The van der Waals surface area contributed by atoms with E-state index in [0.29, 0.717) is 18.9 Å². The Kier molecular flexibility index (Phi) is 0.969. The van der Waals surface area contributed by atoms with E-state index in [9.17, 15) is 4.79 Å². The minimum atomic E-state index is -0.260. The first kappa shape index (κ1) is 5.40. The van der Waals surface area contributed by atoms with Gasteiger partial charge < -0.3 is 0 Å². The van der Waals surface area contributed by atoms with Crippen LogP contribution in [0.25, 0.3) is 0 Å². The number of carbonyl (C=O) groups excluding carboxylic acids is 1. The highest BCUT2D eigenvalue weighted by Gasteiger charge is 2.18. The van der Waals surface area contributed by atoms with Gasteiger partial charge in [-0.05, 0) is 0 Å². The number of rotatable bonds is 0. The van der Waals surface area contributed by atoms with Gasteiger partial charge in [0, 0.05) is 0 Å². The quantitative estimate of drug-likeness (QED) is 0.462. The van der Waals surface area contributed by atoms with E-state index in [2.05, 4.69) is 15.4 Å². The molecule has 0 aliphatic carbocycles. The summed E-state index contributed by atoms with van der Waals surface area (Å²) in [6.07, 6.45) is 1.37. The van der Waals surface area contributed by atoms with Crippen molar-refractivity contribution < 1.29 is 4.79 Å². The molecule has 0 bridgehead atoms. The molecule has 1 aliphatic heterocycles. The first-order valence-electron chi connectivity index (χ1n) is 2.97. The van der Waals surface area contributed by atoms with Crippen molar-refractivity contribution in [2.24, 2.45) is 0 Å². The van der Waals surface area contributed by atoms with Crippen LogP contribution in [0, 0.1) is 0 Å². The van der Waals surface area contributed by atoms with Crippen LogP contribution in [0.5, 0.6) is 0 Å². The van der Waals surface area contributed by atoms with E-state index in [-0.39, 0.29) is 5.91 Å². The van der Waals surface area contributed by atoms with Gasteiger partial charge in [-0.25, -0.2) is 15.0 Å². The Morgan fingerprint density at radius 2 is 2.50 bits per heavy atom. The Bertz CT molecular complexity index is 266. The molecule has 1 aromatic rings. The van der Waals surface area contributed by atoms with Crippen LogP contribution in [0.4, 0.5) is 0 Å². The second-order valence-corrected chi connectivity index (χ2v) is 1.99. The topological polar surface area (TPSA) is 61.9 Å². The van der Waals surface area contributed by atoms with Crippen LogP contribution < -0.4 is 5.32 Å². The Morgan fingerprint density at radius 1 is 1.60 bits per heavy atom. The molecule has 0 aromatic carbocycles. The number of aromatic nitrogens is 3. The van der Waals surface area contributed by atoms with Gasteiger partial charge in [-0.2, -0.15) is 5.10 Å². The fourth-order valence-corrected chi connectivity index (χ4v) is 0.910. The molecule has 0 fully saturated rings. The molecule has 10 heavy (non-hydrogen) atoms. The molecule has 2 rings (SSSR count). The fraction of sp³-hybridized carbons (Fsp3) is 0.400. The van der Waals surface area contributed by atoms with Gasteiger partial charge in [0.1, 0.15) is 6.33 Å². The number of nitrogens with zero attached hydrogens (tertiary/aromatic N) is 4. The Hall–Kier alpha value is -1.39. The molecule has 0 saturated heterocycles. The molecular formula is C5H5N4O. The highest BCUT2D eigenvalue weighted by atomic mass is 16.2. The standard InChI is InChI=1S/C5H5N4O/c10-5-4-7-3-8-9(4)2-1-6-5/h3H,1-2H2. The Labute approximate surface area is 57.1 Å². The molecule has 1 amide bonds. The van der Waals surface area contributed by atoms with Crippen LogP contribution >= 0.6 is 0 Å². The number of amides is 1. The van der Waals surface area contributed by atoms with E-state index in [0.717, 1.165) is 0 Å². The molecule has 0 saturated carbocycles. The predicted molar refractivity (Wildman–Crippen MR) is 31.4 cm³/mol. The van der Waals surface area contributed by atoms with E-state index < -0.39 is 0 Å². The fourth-order valence-electron chi connectivity index (χ4n) is 0.910. The zero-order chi connectivity index (χ0) is 6.97. The summed E-state index contributed by atoms with van der Waals surface area (Å²) in [5, 5.41) is 7.51. The van der Waals surface area contributed by atoms with Gasteiger partial charge in [-0.1, -0.05) is 0 Å². The molecule has 0 spiro atoms. The maximum absolute atomic E-state index is 10.9. The molecule has 0 unspecified atom stereocenters. The molecule has 0 N–H and O–H groups in total.